The summed E-state index contributed by atoms with van der Waals surface area (Å²) < 4.78 is 29.5. The third-order valence-electron chi connectivity index (χ3n) is 5.09. The monoisotopic (exact) mass is 543 g/mol. The van der Waals surface area contributed by atoms with Gasteiger partial charge >= 0.3 is 5.69 Å². The summed E-state index contributed by atoms with van der Waals surface area (Å²) in [5.74, 6) is -2.20. The molecule has 31 heavy (non-hydrogen) atoms. The Labute approximate surface area is 188 Å². The maximum atomic E-state index is 14.9. The molecule has 9 nitrogen and oxygen atoms in total. The van der Waals surface area contributed by atoms with Crippen LogP contribution in [-0.2, 0) is 23.1 Å². The van der Waals surface area contributed by atoms with E-state index in [9.17, 15) is 23.9 Å². The van der Waals surface area contributed by atoms with Crippen molar-refractivity contribution in [2.45, 2.75) is 32.3 Å². The molecule has 0 amide bonds. The Kier molecular flexibility index (Phi) is 5.30. The molecule has 0 radical (unpaired) electrons. The minimum absolute atomic E-state index is 0.147. The molecule has 164 valence electrons. The standard InChI is InChI=1S/C20H19FIN3O6/c1-20(2)30-9-11(31-20)8-24-18(28)16-14(26)7-15(27)23(3)17(16)25(19(24)29)13-5-4-10(22)6-12(13)21/h4-7,11,26H,8-9H2,1-3H3/t11-/m1/s1. The summed E-state index contributed by atoms with van der Waals surface area (Å²) in [4.78, 5) is 38.9. The van der Waals surface area contributed by atoms with Crippen LogP contribution in [0.5, 0.6) is 5.75 Å². The number of hydrogen-bond donors (Lipinski definition) is 1. The summed E-state index contributed by atoms with van der Waals surface area (Å²) in [7, 11) is 1.34. The van der Waals surface area contributed by atoms with Crippen molar-refractivity contribution in [1.82, 2.24) is 13.7 Å². The van der Waals surface area contributed by atoms with Crippen LogP contribution in [0.25, 0.3) is 16.7 Å². The second kappa shape index (κ2) is 7.57. The number of halogens is 2. The van der Waals surface area contributed by atoms with Crippen molar-refractivity contribution in [2.24, 2.45) is 7.05 Å². The zero-order chi connectivity index (χ0) is 22.7. The highest BCUT2D eigenvalue weighted by Crippen LogP contribution is 2.25. The highest BCUT2D eigenvalue weighted by Gasteiger charge is 2.34. The first-order valence-electron chi connectivity index (χ1n) is 9.36. The molecule has 3 aromatic rings. The molecule has 0 unspecified atom stereocenters. The number of hydrogen-bond acceptors (Lipinski definition) is 6. The van der Waals surface area contributed by atoms with Crippen LogP contribution in [0.4, 0.5) is 4.39 Å². The summed E-state index contributed by atoms with van der Waals surface area (Å²) in [5, 5.41) is 10.1. The first kappa shape index (κ1) is 21.7. The Morgan fingerprint density at radius 2 is 1.97 bits per heavy atom. The van der Waals surface area contributed by atoms with Gasteiger partial charge in [-0.05, 0) is 54.6 Å². The van der Waals surface area contributed by atoms with Crippen LogP contribution in [0, 0.1) is 9.39 Å². The Bertz CT molecular complexity index is 1390. The van der Waals surface area contributed by atoms with E-state index in [4.69, 9.17) is 9.47 Å². The number of benzene rings is 1. The maximum Gasteiger partial charge on any atom is 0.337 e. The lowest BCUT2D eigenvalue weighted by Gasteiger charge is -2.20. The van der Waals surface area contributed by atoms with Crippen LogP contribution in [-0.4, -0.2) is 37.3 Å². The Morgan fingerprint density at radius 1 is 1.26 bits per heavy atom. The number of aromatic hydroxyl groups is 1. The molecule has 3 heterocycles. The summed E-state index contributed by atoms with van der Waals surface area (Å²) in [5.41, 5.74) is -2.71. The van der Waals surface area contributed by atoms with E-state index in [1.54, 1.807) is 19.9 Å². The van der Waals surface area contributed by atoms with Crippen LogP contribution in [0.15, 0.2) is 38.6 Å². The van der Waals surface area contributed by atoms with Crippen molar-refractivity contribution >= 4 is 33.6 Å². The van der Waals surface area contributed by atoms with Gasteiger partial charge in [0.25, 0.3) is 11.1 Å². The van der Waals surface area contributed by atoms with Gasteiger partial charge in [0.05, 0.1) is 18.8 Å². The van der Waals surface area contributed by atoms with E-state index in [1.807, 2.05) is 22.6 Å². The van der Waals surface area contributed by atoms with Crippen LogP contribution < -0.4 is 16.8 Å². The molecule has 11 heteroatoms. The molecule has 0 aliphatic carbocycles. The lowest BCUT2D eigenvalue weighted by molar-refractivity contribution is -0.139. The molecule has 1 saturated heterocycles. The highest BCUT2D eigenvalue weighted by molar-refractivity contribution is 14.1. The Hall–Kier alpha value is -2.51. The molecule has 1 aliphatic rings. The number of rotatable bonds is 3. The van der Waals surface area contributed by atoms with E-state index in [2.05, 4.69) is 0 Å². The average Bonchev–Trinajstić information content (AvgIpc) is 3.02. The molecule has 1 atom stereocenters. The van der Waals surface area contributed by atoms with Gasteiger partial charge < -0.3 is 14.6 Å². The molecule has 0 saturated carbocycles. The first-order valence-corrected chi connectivity index (χ1v) is 10.4. The minimum Gasteiger partial charge on any atom is -0.507 e. The van der Waals surface area contributed by atoms with Gasteiger partial charge in [0, 0.05) is 16.7 Å². The second-order valence-electron chi connectivity index (χ2n) is 7.71. The van der Waals surface area contributed by atoms with E-state index >= 15 is 0 Å². The zero-order valence-electron chi connectivity index (χ0n) is 16.9. The largest absolute Gasteiger partial charge is 0.507 e. The van der Waals surface area contributed by atoms with Gasteiger partial charge in [-0.1, -0.05) is 0 Å². The fourth-order valence-corrected chi connectivity index (χ4v) is 4.12. The first-order chi connectivity index (χ1) is 14.5. The fraction of sp³-hybridized carbons (Fsp3) is 0.350. The molecule has 0 spiro atoms. The van der Waals surface area contributed by atoms with E-state index < -0.39 is 40.3 Å². The van der Waals surface area contributed by atoms with Gasteiger partial charge in [-0.2, -0.15) is 0 Å². The van der Waals surface area contributed by atoms with Crippen LogP contribution in [0.1, 0.15) is 13.8 Å². The number of aromatic nitrogens is 3. The summed E-state index contributed by atoms with van der Waals surface area (Å²) >= 11 is 1.93. The molecule has 4 rings (SSSR count). The van der Waals surface area contributed by atoms with E-state index in [0.29, 0.717) is 3.57 Å². The Morgan fingerprint density at radius 3 is 2.58 bits per heavy atom. The molecule has 0 bridgehead atoms. The van der Waals surface area contributed by atoms with E-state index in [-0.39, 0.29) is 29.9 Å². The normalized spacial score (nSPS) is 18.0. The predicted octanol–water partition coefficient (Wildman–Crippen LogP) is 1.45. The maximum absolute atomic E-state index is 14.9. The summed E-state index contributed by atoms with van der Waals surface area (Å²) in [6.07, 6.45) is -0.609. The average molecular weight is 543 g/mol. The molecular weight excluding hydrogens is 524 g/mol. The van der Waals surface area contributed by atoms with Crippen LogP contribution in [0.2, 0.25) is 0 Å². The number of fused-ring (bicyclic) bond motifs is 1. The van der Waals surface area contributed by atoms with Crippen molar-refractivity contribution in [1.29, 1.82) is 0 Å². The molecule has 1 aliphatic heterocycles. The van der Waals surface area contributed by atoms with Gasteiger partial charge in [-0.15, -0.1) is 0 Å². The third kappa shape index (κ3) is 3.70. The van der Waals surface area contributed by atoms with E-state index in [1.165, 1.54) is 19.2 Å². The van der Waals surface area contributed by atoms with Crippen molar-refractivity contribution in [3.8, 4) is 11.4 Å². The minimum atomic E-state index is -0.877. The summed E-state index contributed by atoms with van der Waals surface area (Å²) in [6.45, 7) is 3.38. The van der Waals surface area contributed by atoms with Crippen molar-refractivity contribution in [3.05, 3.63) is 64.8 Å². The van der Waals surface area contributed by atoms with E-state index in [0.717, 1.165) is 19.8 Å². The van der Waals surface area contributed by atoms with Crippen molar-refractivity contribution in [2.75, 3.05) is 6.61 Å². The fourth-order valence-electron chi connectivity index (χ4n) is 3.67. The second-order valence-corrected chi connectivity index (χ2v) is 8.95. The molecular formula is C20H19FIN3O6. The van der Waals surface area contributed by atoms with Crippen LogP contribution >= 0.6 is 22.6 Å². The van der Waals surface area contributed by atoms with Gasteiger partial charge in [-0.3, -0.25) is 18.7 Å². The quantitative estimate of drug-likeness (QED) is 0.502. The van der Waals surface area contributed by atoms with Crippen molar-refractivity contribution in [3.63, 3.8) is 0 Å². The van der Waals surface area contributed by atoms with Gasteiger partial charge in [0.1, 0.15) is 28.7 Å². The smallest absolute Gasteiger partial charge is 0.337 e. The molecule has 1 fully saturated rings. The molecule has 1 N–H and O–H groups in total. The number of aryl methyl sites for hydroxylation is 1. The summed E-state index contributed by atoms with van der Waals surface area (Å²) in [6, 6.07) is 5.07. The number of pyridine rings is 1. The third-order valence-corrected chi connectivity index (χ3v) is 5.76. The van der Waals surface area contributed by atoms with Crippen molar-refractivity contribution < 1.29 is 19.0 Å². The lowest BCUT2D eigenvalue weighted by atomic mass is 10.2. The topological polar surface area (TPSA) is 105 Å². The van der Waals surface area contributed by atoms with Gasteiger partial charge in [0.2, 0.25) is 0 Å². The molecule has 2 aromatic heterocycles. The number of nitrogens with zero attached hydrogens (tertiary/aromatic N) is 3. The highest BCUT2D eigenvalue weighted by atomic mass is 127. The van der Waals surface area contributed by atoms with Gasteiger partial charge in [-0.25, -0.2) is 13.8 Å². The zero-order valence-corrected chi connectivity index (χ0v) is 19.0. The SMILES string of the molecule is Cn1c(=O)cc(O)c2c(=O)n(C[C@@H]3COC(C)(C)O3)c(=O)n(-c3ccc(I)cc3F)c21. The Balaban J connectivity index is 2.08. The van der Waals surface area contributed by atoms with Gasteiger partial charge in [0.15, 0.2) is 5.79 Å². The number of ether oxygens (including phenoxy) is 2. The van der Waals surface area contributed by atoms with Crippen LogP contribution in [0.3, 0.4) is 0 Å². The predicted molar refractivity (Wildman–Crippen MR) is 118 cm³/mol. The molecule has 1 aromatic carbocycles. The lowest BCUT2D eigenvalue weighted by Crippen LogP contribution is -2.44.